The lowest BCUT2D eigenvalue weighted by Gasteiger charge is -2.31. The Hall–Kier alpha value is -2.01. The summed E-state index contributed by atoms with van der Waals surface area (Å²) in [6, 6.07) is 6.33. The smallest absolute Gasteiger partial charge is 0.243 e. The van der Waals surface area contributed by atoms with Crippen molar-refractivity contribution in [2.75, 3.05) is 38.2 Å². The van der Waals surface area contributed by atoms with Crippen molar-refractivity contribution >= 4 is 32.4 Å². The molecule has 1 aromatic heterocycles. The molecule has 2 heterocycles. The molecule has 1 N–H and O–H groups in total. The summed E-state index contributed by atoms with van der Waals surface area (Å²) >= 11 is 1.33. The lowest BCUT2D eigenvalue weighted by molar-refractivity contribution is -0.120. The van der Waals surface area contributed by atoms with Gasteiger partial charge in [-0.05, 0) is 44.0 Å². The Kier molecular flexibility index (Phi) is 7.59. The monoisotopic (exact) mass is 439 g/mol. The fourth-order valence-corrected chi connectivity index (χ4v) is 5.14. The van der Waals surface area contributed by atoms with Crippen molar-refractivity contribution in [3.8, 4) is 5.75 Å². The summed E-state index contributed by atoms with van der Waals surface area (Å²) in [5.41, 5.74) is 0. The standard InChI is InChI=1S/C19H25N3O5S2/c1-2-26-11-12-27-16-5-7-17(8-6-16)29(24,25)22-10-3-4-15(14-22)18(23)21-19-20-9-13-28-19/h5-9,13,15H,2-4,10-12,14H2,1H3,(H,20,21,23). The number of benzene rings is 1. The van der Waals surface area contributed by atoms with E-state index in [1.165, 1.54) is 27.8 Å². The highest BCUT2D eigenvalue weighted by Gasteiger charge is 2.33. The van der Waals surface area contributed by atoms with Crippen LogP contribution >= 0.6 is 11.3 Å². The molecule has 158 valence electrons. The molecule has 1 amide bonds. The highest BCUT2D eigenvalue weighted by molar-refractivity contribution is 7.89. The number of hydrogen-bond acceptors (Lipinski definition) is 7. The Bertz CT molecular complexity index is 885. The number of nitrogens with one attached hydrogen (secondary N) is 1. The summed E-state index contributed by atoms with van der Waals surface area (Å²) in [5, 5.41) is 5.06. The van der Waals surface area contributed by atoms with Crippen LogP contribution < -0.4 is 10.1 Å². The highest BCUT2D eigenvalue weighted by atomic mass is 32.2. The summed E-state index contributed by atoms with van der Waals surface area (Å²) in [5.74, 6) is -0.00973. The van der Waals surface area contributed by atoms with E-state index in [4.69, 9.17) is 9.47 Å². The van der Waals surface area contributed by atoms with Crippen LogP contribution in [0.1, 0.15) is 19.8 Å². The Balaban J connectivity index is 1.61. The third-order valence-corrected chi connectivity index (χ3v) is 7.15. The largest absolute Gasteiger partial charge is 0.491 e. The van der Waals surface area contributed by atoms with E-state index in [0.29, 0.717) is 50.1 Å². The van der Waals surface area contributed by atoms with Crippen LogP contribution in [-0.2, 0) is 19.6 Å². The summed E-state index contributed by atoms with van der Waals surface area (Å²) in [6.45, 7) is 3.98. The highest BCUT2D eigenvalue weighted by Crippen LogP contribution is 2.26. The number of rotatable bonds is 9. The quantitative estimate of drug-likeness (QED) is 0.603. The third-order valence-electron chi connectivity index (χ3n) is 4.58. The van der Waals surface area contributed by atoms with Gasteiger partial charge in [0.05, 0.1) is 17.4 Å². The van der Waals surface area contributed by atoms with Crippen molar-refractivity contribution in [2.45, 2.75) is 24.7 Å². The molecule has 1 aliphatic rings. The van der Waals surface area contributed by atoms with E-state index in [1.807, 2.05) is 6.92 Å². The van der Waals surface area contributed by atoms with Crippen LogP contribution in [0.3, 0.4) is 0 Å². The molecular formula is C19H25N3O5S2. The number of sulfonamides is 1. The SMILES string of the molecule is CCOCCOc1ccc(S(=O)(=O)N2CCCC(C(=O)Nc3nccs3)C2)cc1. The maximum Gasteiger partial charge on any atom is 0.243 e. The molecule has 3 rings (SSSR count). The van der Waals surface area contributed by atoms with Crippen LogP contribution in [0.5, 0.6) is 5.75 Å². The third kappa shape index (κ3) is 5.75. The number of carbonyl (C=O) groups is 1. The van der Waals surface area contributed by atoms with Crippen LogP contribution in [0, 0.1) is 5.92 Å². The molecule has 10 heteroatoms. The Labute approximate surface area is 174 Å². The zero-order valence-electron chi connectivity index (χ0n) is 16.2. The first-order chi connectivity index (χ1) is 14.0. The van der Waals surface area contributed by atoms with Gasteiger partial charge in [0.25, 0.3) is 0 Å². The maximum absolute atomic E-state index is 13.0. The second-order valence-corrected chi connectivity index (χ2v) is 9.38. The van der Waals surface area contributed by atoms with Crippen LogP contribution in [0.2, 0.25) is 0 Å². The fourth-order valence-electron chi connectivity index (χ4n) is 3.09. The zero-order valence-corrected chi connectivity index (χ0v) is 17.9. The second kappa shape index (κ2) is 10.1. The molecule has 1 aliphatic heterocycles. The lowest BCUT2D eigenvalue weighted by Crippen LogP contribution is -2.43. The van der Waals surface area contributed by atoms with Gasteiger partial charge in [-0.15, -0.1) is 11.3 Å². The first-order valence-electron chi connectivity index (χ1n) is 9.52. The van der Waals surface area contributed by atoms with Crippen LogP contribution in [0.25, 0.3) is 0 Å². The van der Waals surface area contributed by atoms with Crippen molar-refractivity contribution < 1.29 is 22.7 Å². The Morgan fingerprint density at radius 2 is 2.10 bits per heavy atom. The van der Waals surface area contributed by atoms with Gasteiger partial charge in [-0.1, -0.05) is 0 Å². The number of thiazole rings is 1. The van der Waals surface area contributed by atoms with Crippen molar-refractivity contribution in [3.05, 3.63) is 35.8 Å². The van der Waals surface area contributed by atoms with Gasteiger partial charge in [-0.3, -0.25) is 4.79 Å². The molecule has 1 fully saturated rings. The van der Waals surface area contributed by atoms with Gasteiger partial charge >= 0.3 is 0 Å². The van der Waals surface area contributed by atoms with Crippen LogP contribution in [-0.4, -0.2) is 56.5 Å². The minimum atomic E-state index is -3.68. The zero-order chi connectivity index (χ0) is 20.7. The van der Waals surface area contributed by atoms with E-state index in [2.05, 4.69) is 10.3 Å². The molecule has 0 saturated carbocycles. The molecule has 29 heavy (non-hydrogen) atoms. The summed E-state index contributed by atoms with van der Waals surface area (Å²) < 4.78 is 38.1. The molecule has 0 radical (unpaired) electrons. The van der Waals surface area contributed by atoms with Crippen molar-refractivity contribution in [3.63, 3.8) is 0 Å². The predicted molar refractivity (Wildman–Crippen MR) is 111 cm³/mol. The minimum absolute atomic E-state index is 0.159. The number of anilines is 1. The van der Waals surface area contributed by atoms with E-state index >= 15 is 0 Å². The Morgan fingerprint density at radius 1 is 1.31 bits per heavy atom. The van der Waals surface area contributed by atoms with E-state index in [1.54, 1.807) is 23.7 Å². The van der Waals surface area contributed by atoms with Crippen LogP contribution in [0.15, 0.2) is 40.7 Å². The predicted octanol–water partition coefficient (Wildman–Crippen LogP) is 2.60. The maximum atomic E-state index is 13.0. The second-order valence-electron chi connectivity index (χ2n) is 6.55. The fraction of sp³-hybridized carbons (Fsp3) is 0.474. The molecule has 1 unspecified atom stereocenters. The van der Waals surface area contributed by atoms with E-state index in [9.17, 15) is 13.2 Å². The number of carbonyl (C=O) groups excluding carboxylic acids is 1. The van der Waals surface area contributed by atoms with Gasteiger partial charge in [0.15, 0.2) is 5.13 Å². The molecule has 1 aromatic carbocycles. The molecule has 1 atom stereocenters. The molecule has 2 aromatic rings. The molecule has 0 spiro atoms. The molecule has 0 aliphatic carbocycles. The molecule has 8 nitrogen and oxygen atoms in total. The van der Waals surface area contributed by atoms with E-state index in [0.717, 1.165) is 0 Å². The number of amides is 1. The van der Waals surface area contributed by atoms with E-state index in [-0.39, 0.29) is 17.3 Å². The number of nitrogens with zero attached hydrogens (tertiary/aromatic N) is 2. The van der Waals surface area contributed by atoms with Gasteiger partial charge in [0, 0.05) is 31.3 Å². The summed E-state index contributed by atoms with van der Waals surface area (Å²) in [6.07, 6.45) is 2.89. The van der Waals surface area contributed by atoms with Crippen molar-refractivity contribution in [2.24, 2.45) is 5.92 Å². The first-order valence-corrected chi connectivity index (χ1v) is 11.8. The number of ether oxygens (including phenoxy) is 2. The van der Waals surface area contributed by atoms with Crippen molar-refractivity contribution in [1.82, 2.24) is 9.29 Å². The molecule has 1 saturated heterocycles. The average molecular weight is 440 g/mol. The Morgan fingerprint density at radius 3 is 2.79 bits per heavy atom. The van der Waals surface area contributed by atoms with Gasteiger partial charge in [-0.2, -0.15) is 4.31 Å². The first kappa shape index (κ1) is 21.7. The lowest BCUT2D eigenvalue weighted by atomic mass is 9.99. The number of aromatic nitrogens is 1. The van der Waals surface area contributed by atoms with Gasteiger partial charge < -0.3 is 14.8 Å². The van der Waals surface area contributed by atoms with Gasteiger partial charge in [-0.25, -0.2) is 13.4 Å². The van der Waals surface area contributed by atoms with Gasteiger partial charge in [0.2, 0.25) is 15.9 Å². The van der Waals surface area contributed by atoms with Crippen molar-refractivity contribution in [1.29, 1.82) is 0 Å². The number of piperidine rings is 1. The van der Waals surface area contributed by atoms with Crippen LogP contribution in [0.4, 0.5) is 5.13 Å². The van der Waals surface area contributed by atoms with Gasteiger partial charge in [0.1, 0.15) is 12.4 Å². The summed E-state index contributed by atoms with van der Waals surface area (Å²) in [4.78, 5) is 16.7. The van der Waals surface area contributed by atoms with E-state index < -0.39 is 15.9 Å². The normalized spacial score (nSPS) is 17.8. The molecule has 0 bridgehead atoms. The number of hydrogen-bond donors (Lipinski definition) is 1. The average Bonchev–Trinajstić information content (AvgIpc) is 3.25. The molecular weight excluding hydrogens is 414 g/mol. The summed E-state index contributed by atoms with van der Waals surface area (Å²) in [7, 11) is -3.68. The topological polar surface area (TPSA) is 97.8 Å². The minimum Gasteiger partial charge on any atom is -0.491 e.